The third-order valence-corrected chi connectivity index (χ3v) is 2.25. The zero-order chi connectivity index (χ0) is 10.5. The van der Waals surface area contributed by atoms with E-state index in [0.717, 1.165) is 25.2 Å². The number of hydrogen-bond acceptors (Lipinski definition) is 3. The SMILES string of the molecule is CCCn1cnnc1Cc1cccnc1. The van der Waals surface area contributed by atoms with E-state index in [1.54, 1.807) is 12.5 Å². The van der Waals surface area contributed by atoms with Crippen LogP contribution in [0, 0.1) is 0 Å². The number of hydrogen-bond donors (Lipinski definition) is 0. The van der Waals surface area contributed by atoms with E-state index in [1.807, 2.05) is 12.3 Å². The zero-order valence-electron chi connectivity index (χ0n) is 8.80. The molecule has 0 aromatic carbocycles. The molecule has 4 heteroatoms. The summed E-state index contributed by atoms with van der Waals surface area (Å²) in [5.74, 6) is 1.00. The van der Waals surface area contributed by atoms with Gasteiger partial charge in [0, 0.05) is 25.4 Å². The molecule has 0 spiro atoms. The van der Waals surface area contributed by atoms with Gasteiger partial charge in [0.15, 0.2) is 0 Å². The molecule has 0 fully saturated rings. The highest BCUT2D eigenvalue weighted by Crippen LogP contribution is 2.05. The summed E-state index contributed by atoms with van der Waals surface area (Å²) in [6.07, 6.45) is 7.33. The first kappa shape index (κ1) is 9.83. The minimum atomic E-state index is 0.799. The lowest BCUT2D eigenvalue weighted by molar-refractivity contribution is 0.646. The molecule has 0 N–H and O–H groups in total. The molecule has 2 rings (SSSR count). The summed E-state index contributed by atoms with van der Waals surface area (Å²) in [7, 11) is 0. The Kier molecular flexibility index (Phi) is 3.07. The van der Waals surface area contributed by atoms with Crippen molar-refractivity contribution in [2.24, 2.45) is 0 Å². The van der Waals surface area contributed by atoms with Crippen molar-refractivity contribution in [2.75, 3.05) is 0 Å². The Morgan fingerprint density at radius 2 is 2.33 bits per heavy atom. The molecule has 78 valence electrons. The van der Waals surface area contributed by atoms with Crippen molar-refractivity contribution in [3.63, 3.8) is 0 Å². The standard InChI is InChI=1S/C11H14N4/c1-2-6-15-9-13-14-11(15)7-10-4-3-5-12-8-10/h3-5,8-9H,2,6-7H2,1H3. The lowest BCUT2D eigenvalue weighted by Gasteiger charge is -2.03. The van der Waals surface area contributed by atoms with Crippen molar-refractivity contribution in [1.29, 1.82) is 0 Å². The van der Waals surface area contributed by atoms with Crippen LogP contribution < -0.4 is 0 Å². The molecule has 0 radical (unpaired) electrons. The quantitative estimate of drug-likeness (QED) is 0.757. The molecule has 0 bridgehead atoms. The fourth-order valence-electron chi connectivity index (χ4n) is 1.53. The van der Waals surface area contributed by atoms with Crippen molar-refractivity contribution >= 4 is 0 Å². The Labute approximate surface area is 89.0 Å². The predicted octanol–water partition coefficient (Wildman–Crippen LogP) is 1.67. The third-order valence-electron chi connectivity index (χ3n) is 2.25. The van der Waals surface area contributed by atoms with E-state index in [-0.39, 0.29) is 0 Å². The van der Waals surface area contributed by atoms with Crippen LogP contribution in [-0.2, 0) is 13.0 Å². The molecule has 0 aliphatic carbocycles. The summed E-state index contributed by atoms with van der Waals surface area (Å²) < 4.78 is 2.09. The molecule has 4 nitrogen and oxygen atoms in total. The van der Waals surface area contributed by atoms with E-state index in [9.17, 15) is 0 Å². The molecular weight excluding hydrogens is 188 g/mol. The third kappa shape index (κ3) is 2.40. The molecule has 0 amide bonds. The van der Waals surface area contributed by atoms with Gasteiger partial charge in [0.25, 0.3) is 0 Å². The van der Waals surface area contributed by atoms with E-state index >= 15 is 0 Å². The summed E-state index contributed by atoms with van der Waals surface area (Å²) in [6, 6.07) is 3.99. The van der Waals surface area contributed by atoms with Gasteiger partial charge in [0.1, 0.15) is 12.2 Å². The molecule has 0 aliphatic rings. The van der Waals surface area contributed by atoms with Crippen LogP contribution in [-0.4, -0.2) is 19.7 Å². The van der Waals surface area contributed by atoms with Crippen molar-refractivity contribution in [1.82, 2.24) is 19.7 Å². The number of rotatable bonds is 4. The Morgan fingerprint density at radius 3 is 3.07 bits per heavy atom. The van der Waals surface area contributed by atoms with Gasteiger partial charge >= 0.3 is 0 Å². The van der Waals surface area contributed by atoms with E-state index in [4.69, 9.17) is 0 Å². The first-order valence-corrected chi connectivity index (χ1v) is 5.15. The highest BCUT2D eigenvalue weighted by Gasteiger charge is 2.04. The fraction of sp³-hybridized carbons (Fsp3) is 0.364. The number of aryl methyl sites for hydroxylation is 1. The average molecular weight is 202 g/mol. The van der Waals surface area contributed by atoms with Gasteiger partial charge < -0.3 is 4.57 Å². The highest BCUT2D eigenvalue weighted by atomic mass is 15.3. The normalized spacial score (nSPS) is 10.5. The lowest BCUT2D eigenvalue weighted by Crippen LogP contribution is -2.03. The summed E-state index contributed by atoms with van der Waals surface area (Å²) in [4.78, 5) is 4.08. The fourth-order valence-corrected chi connectivity index (χ4v) is 1.53. The molecular formula is C11H14N4. The Hall–Kier alpha value is -1.71. The van der Waals surface area contributed by atoms with Gasteiger partial charge in [-0.25, -0.2) is 0 Å². The van der Waals surface area contributed by atoms with Crippen LogP contribution in [0.15, 0.2) is 30.9 Å². The topological polar surface area (TPSA) is 43.6 Å². The van der Waals surface area contributed by atoms with Crippen LogP contribution >= 0.6 is 0 Å². The average Bonchev–Trinajstić information content (AvgIpc) is 2.68. The Bertz CT molecular complexity index is 408. The first-order valence-electron chi connectivity index (χ1n) is 5.15. The smallest absolute Gasteiger partial charge is 0.137 e. The van der Waals surface area contributed by atoms with Crippen molar-refractivity contribution < 1.29 is 0 Å². The minimum Gasteiger partial charge on any atom is -0.317 e. The monoisotopic (exact) mass is 202 g/mol. The zero-order valence-corrected chi connectivity index (χ0v) is 8.80. The Morgan fingerprint density at radius 1 is 1.40 bits per heavy atom. The maximum Gasteiger partial charge on any atom is 0.137 e. The van der Waals surface area contributed by atoms with Gasteiger partial charge in [0.2, 0.25) is 0 Å². The molecule has 2 aromatic rings. The molecule has 0 saturated carbocycles. The number of nitrogens with zero attached hydrogens (tertiary/aromatic N) is 4. The maximum absolute atomic E-state index is 4.12. The van der Waals surface area contributed by atoms with Crippen LogP contribution in [0.5, 0.6) is 0 Å². The van der Waals surface area contributed by atoms with Crippen LogP contribution in [0.25, 0.3) is 0 Å². The number of pyridine rings is 1. The van der Waals surface area contributed by atoms with E-state index in [0.29, 0.717) is 0 Å². The number of aromatic nitrogens is 4. The molecule has 15 heavy (non-hydrogen) atoms. The molecule has 0 aliphatic heterocycles. The van der Waals surface area contributed by atoms with Gasteiger partial charge in [-0.15, -0.1) is 10.2 Å². The van der Waals surface area contributed by atoms with E-state index < -0.39 is 0 Å². The van der Waals surface area contributed by atoms with Crippen molar-refractivity contribution in [3.05, 3.63) is 42.2 Å². The second kappa shape index (κ2) is 4.68. The van der Waals surface area contributed by atoms with E-state index in [2.05, 4.69) is 32.7 Å². The molecule has 0 saturated heterocycles. The summed E-state index contributed by atoms with van der Waals surface area (Å²) in [5, 5.41) is 8.04. The maximum atomic E-state index is 4.12. The summed E-state index contributed by atoms with van der Waals surface area (Å²) in [5.41, 5.74) is 1.17. The molecule has 0 atom stereocenters. The van der Waals surface area contributed by atoms with Gasteiger partial charge in [-0.1, -0.05) is 13.0 Å². The second-order valence-electron chi connectivity index (χ2n) is 3.48. The van der Waals surface area contributed by atoms with Crippen LogP contribution in [0.4, 0.5) is 0 Å². The molecule has 2 aromatic heterocycles. The lowest BCUT2D eigenvalue weighted by atomic mass is 10.2. The highest BCUT2D eigenvalue weighted by molar-refractivity contribution is 5.13. The predicted molar refractivity (Wildman–Crippen MR) is 57.4 cm³/mol. The second-order valence-corrected chi connectivity index (χ2v) is 3.48. The Balaban J connectivity index is 2.14. The summed E-state index contributed by atoms with van der Waals surface area (Å²) >= 11 is 0. The van der Waals surface area contributed by atoms with Gasteiger partial charge in [-0.2, -0.15) is 0 Å². The molecule has 2 heterocycles. The summed E-state index contributed by atoms with van der Waals surface area (Å²) in [6.45, 7) is 3.12. The van der Waals surface area contributed by atoms with Crippen LogP contribution in [0.2, 0.25) is 0 Å². The molecule has 0 unspecified atom stereocenters. The van der Waals surface area contributed by atoms with Gasteiger partial charge in [0.05, 0.1) is 0 Å². The first-order chi connectivity index (χ1) is 7.40. The van der Waals surface area contributed by atoms with Crippen molar-refractivity contribution in [2.45, 2.75) is 26.3 Å². The van der Waals surface area contributed by atoms with Gasteiger partial charge in [-0.05, 0) is 18.1 Å². The van der Waals surface area contributed by atoms with E-state index in [1.165, 1.54) is 5.56 Å². The van der Waals surface area contributed by atoms with Gasteiger partial charge in [-0.3, -0.25) is 4.98 Å². The van der Waals surface area contributed by atoms with Crippen molar-refractivity contribution in [3.8, 4) is 0 Å². The largest absolute Gasteiger partial charge is 0.317 e. The minimum absolute atomic E-state index is 0.799. The van der Waals surface area contributed by atoms with Crippen LogP contribution in [0.3, 0.4) is 0 Å². The van der Waals surface area contributed by atoms with Crippen LogP contribution in [0.1, 0.15) is 24.7 Å².